The Balaban J connectivity index is 0.00000220. The number of hydrogen-bond acceptors (Lipinski definition) is 2. The van der Waals surface area contributed by atoms with Gasteiger partial charge in [-0.15, -0.1) is 12.4 Å². The molecule has 0 aromatic carbocycles. The predicted octanol–water partition coefficient (Wildman–Crippen LogP) is 3.47. The number of hydrogen-bond donors (Lipinski definition) is 1. The van der Waals surface area contributed by atoms with Crippen LogP contribution in [0.5, 0.6) is 0 Å². The van der Waals surface area contributed by atoms with E-state index < -0.39 is 0 Å². The summed E-state index contributed by atoms with van der Waals surface area (Å²) >= 11 is 0. The van der Waals surface area contributed by atoms with E-state index in [1.165, 1.54) is 44.9 Å². The highest BCUT2D eigenvalue weighted by atomic mass is 35.5. The summed E-state index contributed by atoms with van der Waals surface area (Å²) in [5.41, 5.74) is 0. The number of carbonyl (C=O) groups excluding carboxylic acids is 1. The molecule has 4 heteroatoms. The first-order valence-electron chi connectivity index (χ1n) is 8.61. The molecule has 0 spiro atoms. The Morgan fingerprint density at radius 3 is 2.24 bits per heavy atom. The van der Waals surface area contributed by atoms with Crippen LogP contribution in [0.1, 0.15) is 58.3 Å². The van der Waals surface area contributed by atoms with E-state index in [0.29, 0.717) is 11.8 Å². The summed E-state index contributed by atoms with van der Waals surface area (Å²) in [7, 11) is 2.02. The molecule has 0 unspecified atom stereocenters. The van der Waals surface area contributed by atoms with Crippen LogP contribution in [0.15, 0.2) is 0 Å². The molecule has 1 heterocycles. The number of amides is 1. The van der Waals surface area contributed by atoms with Gasteiger partial charge in [0.2, 0.25) is 5.91 Å². The van der Waals surface area contributed by atoms with Crippen molar-refractivity contribution in [3.8, 4) is 0 Å². The molecule has 0 aromatic rings. The van der Waals surface area contributed by atoms with Gasteiger partial charge in [0.15, 0.2) is 0 Å². The zero-order valence-electron chi connectivity index (χ0n) is 13.8. The van der Waals surface area contributed by atoms with Crippen molar-refractivity contribution in [2.75, 3.05) is 26.7 Å². The molecular weight excluding hydrogens is 284 g/mol. The van der Waals surface area contributed by atoms with Crippen molar-refractivity contribution in [3.05, 3.63) is 0 Å². The van der Waals surface area contributed by atoms with Crippen LogP contribution in [0, 0.1) is 17.8 Å². The van der Waals surface area contributed by atoms with Crippen LogP contribution in [-0.2, 0) is 4.79 Å². The van der Waals surface area contributed by atoms with E-state index in [9.17, 15) is 4.79 Å². The van der Waals surface area contributed by atoms with Crippen molar-refractivity contribution in [2.45, 2.75) is 58.3 Å². The number of carbonyl (C=O) groups is 1. The van der Waals surface area contributed by atoms with Gasteiger partial charge in [-0.1, -0.05) is 19.8 Å². The van der Waals surface area contributed by atoms with Crippen LogP contribution in [-0.4, -0.2) is 37.5 Å². The Hall–Kier alpha value is -0.280. The standard InChI is InChI=1S/C17H32N2O.ClH/c1-14-3-5-16(6-4-14)13-17(20)19-11-8-15(9-12-19)7-10-18-2;/h14-16,18H,3-13H2,1-2H3;1H. The highest BCUT2D eigenvalue weighted by Gasteiger charge is 2.26. The minimum atomic E-state index is 0. The summed E-state index contributed by atoms with van der Waals surface area (Å²) in [5.74, 6) is 2.80. The van der Waals surface area contributed by atoms with Gasteiger partial charge in [0, 0.05) is 19.5 Å². The van der Waals surface area contributed by atoms with Gasteiger partial charge in [0.25, 0.3) is 0 Å². The lowest BCUT2D eigenvalue weighted by molar-refractivity contribution is -0.133. The van der Waals surface area contributed by atoms with Crippen molar-refractivity contribution in [2.24, 2.45) is 17.8 Å². The quantitative estimate of drug-likeness (QED) is 0.842. The van der Waals surface area contributed by atoms with Gasteiger partial charge in [-0.2, -0.15) is 0 Å². The lowest BCUT2D eigenvalue weighted by atomic mass is 9.81. The average molecular weight is 317 g/mol. The topological polar surface area (TPSA) is 32.3 Å². The van der Waals surface area contributed by atoms with Crippen molar-refractivity contribution in [1.29, 1.82) is 0 Å². The van der Waals surface area contributed by atoms with E-state index in [1.54, 1.807) is 0 Å². The zero-order chi connectivity index (χ0) is 14.4. The maximum absolute atomic E-state index is 12.4. The summed E-state index contributed by atoms with van der Waals surface area (Å²) in [5, 5.41) is 3.23. The van der Waals surface area contributed by atoms with Crippen molar-refractivity contribution >= 4 is 18.3 Å². The van der Waals surface area contributed by atoms with Gasteiger partial charge >= 0.3 is 0 Å². The van der Waals surface area contributed by atoms with Gasteiger partial charge in [-0.25, -0.2) is 0 Å². The number of rotatable bonds is 5. The van der Waals surface area contributed by atoms with Crippen molar-refractivity contribution in [3.63, 3.8) is 0 Å². The van der Waals surface area contributed by atoms with Crippen LogP contribution in [0.4, 0.5) is 0 Å². The molecule has 2 rings (SSSR count). The SMILES string of the molecule is CNCCC1CCN(C(=O)CC2CCC(C)CC2)CC1.Cl. The first-order valence-corrected chi connectivity index (χ1v) is 8.61. The number of nitrogens with one attached hydrogen (secondary N) is 1. The highest BCUT2D eigenvalue weighted by Crippen LogP contribution is 2.31. The lowest BCUT2D eigenvalue weighted by Crippen LogP contribution is -2.39. The molecule has 1 N–H and O–H groups in total. The number of halogens is 1. The van der Waals surface area contributed by atoms with E-state index in [4.69, 9.17) is 0 Å². The molecule has 2 aliphatic rings. The van der Waals surface area contributed by atoms with E-state index in [0.717, 1.165) is 37.9 Å². The van der Waals surface area contributed by atoms with Crippen LogP contribution in [0.3, 0.4) is 0 Å². The van der Waals surface area contributed by atoms with Gasteiger partial charge in [-0.05, 0) is 63.5 Å². The molecular formula is C17H33ClN2O. The van der Waals surface area contributed by atoms with Crippen LogP contribution < -0.4 is 5.32 Å². The first kappa shape index (κ1) is 18.8. The fraction of sp³-hybridized carbons (Fsp3) is 0.941. The second-order valence-corrected chi connectivity index (χ2v) is 7.05. The minimum Gasteiger partial charge on any atom is -0.343 e. The molecule has 1 saturated heterocycles. The zero-order valence-corrected chi connectivity index (χ0v) is 14.6. The fourth-order valence-corrected chi connectivity index (χ4v) is 3.73. The summed E-state index contributed by atoms with van der Waals surface area (Å²) in [4.78, 5) is 14.5. The molecule has 0 aromatic heterocycles. The minimum absolute atomic E-state index is 0. The summed E-state index contributed by atoms with van der Waals surface area (Å²) in [6.45, 7) is 5.44. The Morgan fingerprint density at radius 1 is 1.05 bits per heavy atom. The lowest BCUT2D eigenvalue weighted by Gasteiger charge is -2.34. The molecule has 2 fully saturated rings. The fourth-order valence-electron chi connectivity index (χ4n) is 3.73. The molecule has 3 nitrogen and oxygen atoms in total. The third-order valence-corrected chi connectivity index (χ3v) is 5.37. The molecule has 1 amide bonds. The molecule has 1 aliphatic heterocycles. The Bertz CT molecular complexity index is 295. The van der Waals surface area contributed by atoms with E-state index in [1.807, 2.05) is 7.05 Å². The molecule has 0 atom stereocenters. The van der Waals surface area contributed by atoms with Crippen molar-refractivity contribution in [1.82, 2.24) is 10.2 Å². The van der Waals surface area contributed by atoms with Crippen molar-refractivity contribution < 1.29 is 4.79 Å². The first-order chi connectivity index (χ1) is 9.69. The summed E-state index contributed by atoms with van der Waals surface area (Å²) < 4.78 is 0. The van der Waals surface area contributed by atoms with E-state index in [2.05, 4.69) is 17.1 Å². The predicted molar refractivity (Wildman–Crippen MR) is 90.8 cm³/mol. The van der Waals surface area contributed by atoms with E-state index >= 15 is 0 Å². The largest absolute Gasteiger partial charge is 0.343 e. The molecule has 1 saturated carbocycles. The molecule has 124 valence electrons. The van der Waals surface area contributed by atoms with Gasteiger partial charge in [0.1, 0.15) is 0 Å². The highest BCUT2D eigenvalue weighted by molar-refractivity contribution is 5.85. The second kappa shape index (κ2) is 9.68. The maximum atomic E-state index is 12.4. The average Bonchev–Trinajstić information content (AvgIpc) is 2.48. The van der Waals surface area contributed by atoms with Gasteiger partial charge < -0.3 is 10.2 Å². The molecule has 21 heavy (non-hydrogen) atoms. The smallest absolute Gasteiger partial charge is 0.222 e. The summed E-state index contributed by atoms with van der Waals surface area (Å²) in [6, 6.07) is 0. The normalized spacial score (nSPS) is 27.2. The third kappa shape index (κ3) is 6.15. The third-order valence-electron chi connectivity index (χ3n) is 5.37. The molecule has 1 aliphatic carbocycles. The van der Waals surface area contributed by atoms with Crippen LogP contribution >= 0.6 is 12.4 Å². The Labute approximate surface area is 136 Å². The van der Waals surface area contributed by atoms with Gasteiger partial charge in [-0.3, -0.25) is 4.79 Å². The van der Waals surface area contributed by atoms with Crippen LogP contribution in [0.2, 0.25) is 0 Å². The Kier molecular flexibility index (Phi) is 8.65. The monoisotopic (exact) mass is 316 g/mol. The second-order valence-electron chi connectivity index (χ2n) is 7.05. The number of likely N-dealkylation sites (tertiary alicyclic amines) is 1. The van der Waals surface area contributed by atoms with E-state index in [-0.39, 0.29) is 12.4 Å². The van der Waals surface area contributed by atoms with Gasteiger partial charge in [0.05, 0.1) is 0 Å². The molecule has 0 radical (unpaired) electrons. The summed E-state index contributed by atoms with van der Waals surface area (Å²) in [6.07, 6.45) is 9.67. The maximum Gasteiger partial charge on any atom is 0.222 e. The number of nitrogens with zero attached hydrogens (tertiary/aromatic N) is 1. The number of piperidine rings is 1. The Morgan fingerprint density at radius 2 is 1.67 bits per heavy atom. The van der Waals surface area contributed by atoms with Crippen LogP contribution in [0.25, 0.3) is 0 Å². The molecule has 0 bridgehead atoms.